The van der Waals surface area contributed by atoms with Gasteiger partial charge in [0.15, 0.2) is 0 Å². The predicted octanol–water partition coefficient (Wildman–Crippen LogP) is 2.20. The molecule has 1 aromatic carbocycles. The summed E-state index contributed by atoms with van der Waals surface area (Å²) in [6.07, 6.45) is 4.71. The van der Waals surface area contributed by atoms with Gasteiger partial charge in [-0.05, 0) is 37.0 Å². The van der Waals surface area contributed by atoms with Crippen LogP contribution in [0, 0.1) is 0 Å². The molecule has 0 unspecified atom stereocenters. The van der Waals surface area contributed by atoms with Crippen LogP contribution in [0.3, 0.4) is 0 Å². The van der Waals surface area contributed by atoms with Crippen LogP contribution in [0.2, 0.25) is 0 Å². The van der Waals surface area contributed by atoms with Crippen molar-refractivity contribution < 1.29 is 14.6 Å². The molecule has 1 aromatic rings. The summed E-state index contributed by atoms with van der Waals surface area (Å²) in [6, 6.07) is 8.04. The summed E-state index contributed by atoms with van der Waals surface area (Å²) >= 11 is 0. The number of ether oxygens (including phenoxy) is 1. The van der Waals surface area contributed by atoms with Crippen LogP contribution in [0.5, 0.6) is 0 Å². The second-order valence-electron chi connectivity index (χ2n) is 7.06. The molecule has 0 radical (unpaired) electrons. The zero-order valence-electron chi connectivity index (χ0n) is 14.3. The molecule has 5 heteroatoms. The molecule has 5 nitrogen and oxygen atoms in total. The van der Waals surface area contributed by atoms with Gasteiger partial charge in [0, 0.05) is 25.3 Å². The van der Waals surface area contributed by atoms with E-state index in [2.05, 4.69) is 22.3 Å². The summed E-state index contributed by atoms with van der Waals surface area (Å²) in [6.45, 7) is 4.73. The van der Waals surface area contributed by atoms with Crippen molar-refractivity contribution in [2.45, 2.75) is 44.1 Å². The molecule has 1 saturated heterocycles. The summed E-state index contributed by atoms with van der Waals surface area (Å²) in [5, 5.41) is 13.2. The standard InChI is InChI=1S/C19H28N2O3/c22-18(15-19(23)8-1-2-9-19)20-17-5-3-16(4-6-17)7-10-21-11-13-24-14-12-21/h3-6,23H,1-2,7-15H2,(H,20,22). The van der Waals surface area contributed by atoms with Gasteiger partial charge >= 0.3 is 0 Å². The summed E-state index contributed by atoms with van der Waals surface area (Å²) in [7, 11) is 0. The third-order valence-corrected chi connectivity index (χ3v) is 5.08. The number of rotatable bonds is 6. The van der Waals surface area contributed by atoms with E-state index in [-0.39, 0.29) is 12.3 Å². The first kappa shape index (κ1) is 17.4. The maximum Gasteiger partial charge on any atom is 0.227 e. The smallest absolute Gasteiger partial charge is 0.227 e. The molecular weight excluding hydrogens is 304 g/mol. The quantitative estimate of drug-likeness (QED) is 0.838. The Balaban J connectivity index is 1.44. The van der Waals surface area contributed by atoms with Crippen LogP contribution < -0.4 is 5.32 Å². The van der Waals surface area contributed by atoms with Gasteiger partial charge in [-0.2, -0.15) is 0 Å². The largest absolute Gasteiger partial charge is 0.389 e. The number of carbonyl (C=O) groups excluding carboxylic acids is 1. The highest BCUT2D eigenvalue weighted by atomic mass is 16.5. The lowest BCUT2D eigenvalue weighted by atomic mass is 9.97. The van der Waals surface area contributed by atoms with Crippen molar-refractivity contribution in [2.24, 2.45) is 0 Å². The zero-order valence-corrected chi connectivity index (χ0v) is 14.3. The molecular formula is C19H28N2O3. The Morgan fingerprint density at radius 1 is 1.17 bits per heavy atom. The third kappa shape index (κ3) is 5.03. The minimum atomic E-state index is -0.790. The van der Waals surface area contributed by atoms with Crippen LogP contribution in [-0.2, 0) is 16.0 Å². The Morgan fingerprint density at radius 3 is 2.50 bits per heavy atom. The minimum absolute atomic E-state index is 0.0968. The van der Waals surface area contributed by atoms with Crippen LogP contribution in [0.1, 0.15) is 37.7 Å². The molecule has 1 saturated carbocycles. The van der Waals surface area contributed by atoms with Crippen molar-refractivity contribution >= 4 is 11.6 Å². The van der Waals surface area contributed by atoms with Crippen molar-refractivity contribution in [3.63, 3.8) is 0 Å². The first-order chi connectivity index (χ1) is 11.6. The molecule has 2 aliphatic rings. The van der Waals surface area contributed by atoms with E-state index in [4.69, 9.17) is 4.74 Å². The molecule has 24 heavy (non-hydrogen) atoms. The fourth-order valence-electron chi connectivity index (χ4n) is 3.58. The molecule has 0 bridgehead atoms. The lowest BCUT2D eigenvalue weighted by Crippen LogP contribution is -2.37. The van der Waals surface area contributed by atoms with Crippen molar-refractivity contribution in [1.29, 1.82) is 0 Å². The van der Waals surface area contributed by atoms with Gasteiger partial charge in [0.1, 0.15) is 0 Å². The average molecular weight is 332 g/mol. The fourth-order valence-corrected chi connectivity index (χ4v) is 3.58. The number of aliphatic hydroxyl groups is 1. The van der Waals surface area contributed by atoms with Crippen LogP contribution in [0.4, 0.5) is 5.69 Å². The highest BCUT2D eigenvalue weighted by molar-refractivity contribution is 5.91. The highest BCUT2D eigenvalue weighted by Crippen LogP contribution is 2.32. The van der Waals surface area contributed by atoms with E-state index in [0.29, 0.717) is 0 Å². The normalized spacial score (nSPS) is 20.9. The van der Waals surface area contributed by atoms with Gasteiger partial charge < -0.3 is 15.2 Å². The predicted molar refractivity (Wildman–Crippen MR) is 94.1 cm³/mol. The van der Waals surface area contributed by atoms with Crippen LogP contribution in [0.15, 0.2) is 24.3 Å². The molecule has 0 spiro atoms. The van der Waals surface area contributed by atoms with Gasteiger partial charge in [-0.15, -0.1) is 0 Å². The number of hydrogen-bond donors (Lipinski definition) is 2. The van der Waals surface area contributed by atoms with Crippen molar-refractivity contribution in [3.05, 3.63) is 29.8 Å². The molecule has 1 heterocycles. The van der Waals surface area contributed by atoms with E-state index in [9.17, 15) is 9.90 Å². The molecule has 1 aliphatic carbocycles. The average Bonchev–Trinajstić information content (AvgIpc) is 3.01. The lowest BCUT2D eigenvalue weighted by molar-refractivity contribution is -0.120. The van der Waals surface area contributed by atoms with Gasteiger partial charge in [0.2, 0.25) is 5.91 Å². The monoisotopic (exact) mass is 332 g/mol. The molecule has 2 N–H and O–H groups in total. The number of benzene rings is 1. The third-order valence-electron chi connectivity index (χ3n) is 5.08. The number of anilines is 1. The van der Waals surface area contributed by atoms with E-state index >= 15 is 0 Å². The van der Waals surface area contributed by atoms with Gasteiger partial charge in [-0.3, -0.25) is 9.69 Å². The molecule has 1 aliphatic heterocycles. The van der Waals surface area contributed by atoms with E-state index in [1.54, 1.807) is 0 Å². The maximum absolute atomic E-state index is 12.1. The summed E-state index contributed by atoms with van der Waals surface area (Å²) in [5.74, 6) is -0.0968. The van der Waals surface area contributed by atoms with E-state index in [1.807, 2.05) is 12.1 Å². The van der Waals surface area contributed by atoms with Crippen molar-refractivity contribution in [2.75, 3.05) is 38.2 Å². The minimum Gasteiger partial charge on any atom is -0.389 e. The number of nitrogens with one attached hydrogen (secondary N) is 1. The van der Waals surface area contributed by atoms with Crippen LogP contribution in [0.25, 0.3) is 0 Å². The Hall–Kier alpha value is -1.43. The lowest BCUT2D eigenvalue weighted by Gasteiger charge is -2.26. The van der Waals surface area contributed by atoms with E-state index in [0.717, 1.165) is 70.6 Å². The Bertz CT molecular complexity index is 532. The number of amides is 1. The van der Waals surface area contributed by atoms with Crippen LogP contribution >= 0.6 is 0 Å². The van der Waals surface area contributed by atoms with Crippen molar-refractivity contribution in [3.8, 4) is 0 Å². The molecule has 0 atom stereocenters. The topological polar surface area (TPSA) is 61.8 Å². The Morgan fingerprint density at radius 2 is 1.83 bits per heavy atom. The zero-order chi connectivity index (χ0) is 16.8. The first-order valence-electron chi connectivity index (χ1n) is 9.04. The Kier molecular flexibility index (Phi) is 5.87. The molecule has 1 amide bonds. The van der Waals surface area contributed by atoms with Gasteiger partial charge in [-0.25, -0.2) is 0 Å². The molecule has 2 fully saturated rings. The maximum atomic E-state index is 12.1. The highest BCUT2D eigenvalue weighted by Gasteiger charge is 2.33. The number of morpholine rings is 1. The first-order valence-corrected chi connectivity index (χ1v) is 9.04. The fraction of sp³-hybridized carbons (Fsp3) is 0.632. The Labute approximate surface area is 144 Å². The summed E-state index contributed by atoms with van der Waals surface area (Å²) < 4.78 is 5.36. The number of carbonyl (C=O) groups is 1. The second-order valence-corrected chi connectivity index (χ2v) is 7.06. The SMILES string of the molecule is O=C(CC1(O)CCCC1)Nc1ccc(CCN2CCOCC2)cc1. The summed E-state index contributed by atoms with van der Waals surface area (Å²) in [5.41, 5.74) is 1.29. The van der Waals surface area contributed by atoms with Crippen LogP contribution in [-0.4, -0.2) is 54.4 Å². The van der Waals surface area contributed by atoms with E-state index < -0.39 is 5.60 Å². The second kappa shape index (κ2) is 8.10. The number of nitrogens with zero attached hydrogens (tertiary/aromatic N) is 1. The van der Waals surface area contributed by atoms with Gasteiger partial charge in [0.25, 0.3) is 0 Å². The summed E-state index contributed by atoms with van der Waals surface area (Å²) in [4.78, 5) is 14.5. The molecule has 132 valence electrons. The number of hydrogen-bond acceptors (Lipinski definition) is 4. The van der Waals surface area contributed by atoms with Crippen molar-refractivity contribution in [1.82, 2.24) is 4.90 Å². The molecule has 3 rings (SSSR count). The van der Waals surface area contributed by atoms with E-state index in [1.165, 1.54) is 5.56 Å². The molecule has 0 aromatic heterocycles. The van der Waals surface area contributed by atoms with Gasteiger partial charge in [0.05, 0.1) is 25.2 Å². The van der Waals surface area contributed by atoms with Gasteiger partial charge in [-0.1, -0.05) is 25.0 Å².